The molecule has 0 saturated carbocycles. The molecule has 0 fully saturated rings. The zero-order valence-electron chi connectivity index (χ0n) is 21.2. The summed E-state index contributed by atoms with van der Waals surface area (Å²) in [5.74, 6) is 1.30. The van der Waals surface area contributed by atoms with Crippen molar-refractivity contribution >= 4 is 17.1 Å². The Balaban J connectivity index is 1.37. The number of hydrogen-bond acceptors (Lipinski definition) is 9. The topological polar surface area (TPSA) is 115 Å². The quantitative estimate of drug-likeness (QED) is 0.310. The summed E-state index contributed by atoms with van der Waals surface area (Å²) in [7, 11) is 0. The smallest absolute Gasteiger partial charge is 0.182 e. The molecule has 9 heteroatoms. The summed E-state index contributed by atoms with van der Waals surface area (Å²) in [6.07, 6.45) is 3.49. The first-order valence-corrected chi connectivity index (χ1v) is 12.7. The van der Waals surface area contributed by atoms with Crippen LogP contribution in [0.25, 0.3) is 45.8 Å². The number of anilines is 1. The van der Waals surface area contributed by atoms with Crippen LogP contribution >= 0.6 is 0 Å². The second kappa shape index (κ2) is 10.2. The molecule has 1 aromatic carbocycles. The number of aromatic nitrogens is 7. The van der Waals surface area contributed by atoms with Crippen LogP contribution in [0.1, 0.15) is 5.82 Å². The summed E-state index contributed by atoms with van der Waals surface area (Å²) in [4.78, 5) is 37.9. The minimum absolute atomic E-state index is 0.421. The summed E-state index contributed by atoms with van der Waals surface area (Å²) in [6, 6.07) is 30.8. The van der Waals surface area contributed by atoms with Crippen molar-refractivity contribution in [2.45, 2.75) is 0 Å². The Morgan fingerprint density at radius 3 is 1.57 bits per heavy atom. The van der Waals surface area contributed by atoms with Crippen molar-refractivity contribution in [3.63, 3.8) is 0 Å². The number of nitrogens with zero attached hydrogens (tertiary/aromatic N) is 8. The van der Waals surface area contributed by atoms with E-state index >= 15 is 0 Å². The van der Waals surface area contributed by atoms with Gasteiger partial charge in [0.1, 0.15) is 17.1 Å². The molecule has 9 nitrogen and oxygen atoms in total. The second-order valence-electron chi connectivity index (χ2n) is 8.98. The highest BCUT2D eigenvalue weighted by atomic mass is 15.1. The van der Waals surface area contributed by atoms with E-state index in [4.69, 9.17) is 29.9 Å². The molecule has 5 aromatic heterocycles. The van der Waals surface area contributed by atoms with Gasteiger partial charge in [-0.3, -0.25) is 9.97 Å². The summed E-state index contributed by atoms with van der Waals surface area (Å²) >= 11 is 0. The Morgan fingerprint density at radius 2 is 0.975 bits per heavy atom. The minimum atomic E-state index is 0.421. The number of benzene rings is 1. The van der Waals surface area contributed by atoms with Crippen LogP contribution in [0.2, 0.25) is 0 Å². The Hall–Kier alpha value is -5.70. The van der Waals surface area contributed by atoms with Crippen LogP contribution in [-0.2, 0) is 0 Å². The van der Waals surface area contributed by atoms with Crippen LogP contribution < -0.4 is 5.32 Å². The van der Waals surface area contributed by atoms with Crippen LogP contribution in [-0.4, -0.2) is 47.1 Å². The van der Waals surface area contributed by atoms with Crippen molar-refractivity contribution in [2.75, 3.05) is 11.9 Å². The maximum atomic E-state index is 4.86. The molecule has 1 aliphatic heterocycles. The molecule has 0 spiro atoms. The van der Waals surface area contributed by atoms with E-state index in [0.29, 0.717) is 41.1 Å². The molecule has 0 aliphatic carbocycles. The van der Waals surface area contributed by atoms with Crippen LogP contribution in [0.15, 0.2) is 114 Å². The van der Waals surface area contributed by atoms with Gasteiger partial charge in [-0.25, -0.2) is 29.9 Å². The zero-order valence-corrected chi connectivity index (χ0v) is 21.2. The molecule has 1 aliphatic rings. The predicted octanol–water partition coefficient (Wildman–Crippen LogP) is 5.67. The Kier molecular flexibility index (Phi) is 5.98. The van der Waals surface area contributed by atoms with Gasteiger partial charge < -0.3 is 5.32 Å². The summed E-state index contributed by atoms with van der Waals surface area (Å²) in [5.41, 5.74) is 6.67. The molecule has 0 saturated heterocycles. The number of fused-ring (bicyclic) bond motifs is 1. The highest BCUT2D eigenvalue weighted by Gasteiger charge is 2.20. The first-order chi connectivity index (χ1) is 19.8. The van der Waals surface area contributed by atoms with Gasteiger partial charge in [0.15, 0.2) is 17.5 Å². The van der Waals surface area contributed by atoms with Gasteiger partial charge in [-0.1, -0.05) is 36.4 Å². The predicted molar refractivity (Wildman–Crippen MR) is 154 cm³/mol. The fourth-order valence-corrected chi connectivity index (χ4v) is 4.38. The number of pyridine rings is 4. The van der Waals surface area contributed by atoms with Gasteiger partial charge >= 0.3 is 0 Å². The normalized spacial score (nSPS) is 12.2. The lowest BCUT2D eigenvalue weighted by Crippen LogP contribution is -2.22. The van der Waals surface area contributed by atoms with Crippen molar-refractivity contribution in [3.05, 3.63) is 115 Å². The summed E-state index contributed by atoms with van der Waals surface area (Å²) in [6.45, 7) is 0.475. The molecule has 190 valence electrons. The average molecular weight is 520 g/mol. The van der Waals surface area contributed by atoms with Crippen LogP contribution in [0.5, 0.6) is 0 Å². The highest BCUT2D eigenvalue weighted by Crippen LogP contribution is 2.29. The van der Waals surface area contributed by atoms with Gasteiger partial charge in [-0.05, 0) is 60.7 Å². The Labute approximate surface area is 229 Å². The van der Waals surface area contributed by atoms with Crippen molar-refractivity contribution in [1.82, 2.24) is 34.9 Å². The van der Waals surface area contributed by atoms with E-state index in [1.807, 2.05) is 97.1 Å². The maximum Gasteiger partial charge on any atom is 0.182 e. The third kappa shape index (κ3) is 4.67. The van der Waals surface area contributed by atoms with Gasteiger partial charge in [0, 0.05) is 12.4 Å². The van der Waals surface area contributed by atoms with Gasteiger partial charge in [-0.2, -0.15) is 0 Å². The Bertz CT molecular complexity index is 1750. The van der Waals surface area contributed by atoms with Gasteiger partial charge in [-0.15, -0.1) is 0 Å². The first-order valence-electron chi connectivity index (χ1n) is 12.7. The molecule has 1 N–H and O–H groups in total. The molecular weight excluding hydrogens is 498 g/mol. The molecule has 0 atom stereocenters. The third-order valence-electron chi connectivity index (χ3n) is 6.31. The lowest BCUT2D eigenvalue weighted by molar-refractivity contribution is 1.01. The minimum Gasteiger partial charge on any atom is -0.377 e. The largest absolute Gasteiger partial charge is 0.377 e. The van der Waals surface area contributed by atoms with Crippen LogP contribution in [0.4, 0.5) is 11.4 Å². The van der Waals surface area contributed by atoms with Crippen LogP contribution in [0, 0.1) is 0 Å². The number of para-hydroxylation sites is 2. The number of nitrogens with one attached hydrogen (secondary N) is 1. The van der Waals surface area contributed by atoms with Gasteiger partial charge in [0.05, 0.1) is 40.7 Å². The third-order valence-corrected chi connectivity index (χ3v) is 6.31. The SMILES string of the molecule is c1ccc(-c2cccc(-c3nc(C4=Nc5ccccc5NC4)nc(-c4cccc(-c5ccccn5)n4)n3)n2)nc1. The second-order valence-corrected chi connectivity index (χ2v) is 8.98. The standard InChI is InChI=1S/C31H21N9/c1-2-12-23-22(9-1)34-19-28(37-23)31-39-29(26-15-7-13-24(35-26)20-10-3-5-17-32-20)38-30(40-31)27-16-8-14-25(36-27)21-11-4-6-18-33-21/h1-18,34H,19H2. The molecule has 7 rings (SSSR count). The molecule has 40 heavy (non-hydrogen) atoms. The van der Waals surface area contributed by atoms with Crippen molar-refractivity contribution in [3.8, 4) is 45.8 Å². The van der Waals surface area contributed by atoms with Crippen molar-refractivity contribution < 1.29 is 0 Å². The number of hydrogen-bond donors (Lipinski definition) is 1. The lowest BCUT2D eigenvalue weighted by Gasteiger charge is -2.17. The highest BCUT2D eigenvalue weighted by molar-refractivity contribution is 6.05. The number of rotatable bonds is 5. The number of aliphatic imine (C=N–C) groups is 1. The van der Waals surface area contributed by atoms with Crippen LogP contribution in [0.3, 0.4) is 0 Å². The molecule has 0 radical (unpaired) electrons. The first kappa shape index (κ1) is 23.4. The fourth-order valence-electron chi connectivity index (χ4n) is 4.38. The maximum absolute atomic E-state index is 4.86. The lowest BCUT2D eigenvalue weighted by atomic mass is 10.2. The monoisotopic (exact) mass is 519 g/mol. The molecule has 0 bridgehead atoms. The average Bonchev–Trinajstić information content (AvgIpc) is 3.05. The summed E-state index contributed by atoms with van der Waals surface area (Å²) < 4.78 is 0. The zero-order chi connectivity index (χ0) is 26.7. The van der Waals surface area contributed by atoms with E-state index in [9.17, 15) is 0 Å². The van der Waals surface area contributed by atoms with E-state index in [1.54, 1.807) is 12.4 Å². The van der Waals surface area contributed by atoms with E-state index in [0.717, 1.165) is 34.2 Å². The molecule has 0 unspecified atom stereocenters. The van der Waals surface area contributed by atoms with E-state index < -0.39 is 0 Å². The molecular formula is C31H21N9. The molecule has 6 heterocycles. The van der Waals surface area contributed by atoms with Gasteiger partial charge in [0.2, 0.25) is 0 Å². The van der Waals surface area contributed by atoms with E-state index in [-0.39, 0.29) is 0 Å². The van der Waals surface area contributed by atoms with E-state index in [1.165, 1.54) is 0 Å². The molecule has 6 aromatic rings. The van der Waals surface area contributed by atoms with Crippen molar-refractivity contribution in [1.29, 1.82) is 0 Å². The summed E-state index contributed by atoms with van der Waals surface area (Å²) in [5, 5.41) is 3.41. The molecule has 0 amide bonds. The van der Waals surface area contributed by atoms with Gasteiger partial charge in [0.25, 0.3) is 0 Å². The van der Waals surface area contributed by atoms with Crippen molar-refractivity contribution in [2.24, 2.45) is 4.99 Å². The Morgan fingerprint density at radius 1 is 0.450 bits per heavy atom. The van der Waals surface area contributed by atoms with E-state index in [2.05, 4.69) is 15.3 Å². The fraction of sp³-hybridized carbons (Fsp3) is 0.0323.